The van der Waals surface area contributed by atoms with Crippen molar-refractivity contribution >= 4 is 0 Å². The molecule has 0 spiro atoms. The topological polar surface area (TPSA) is 21.3 Å². The first-order valence-electron chi connectivity index (χ1n) is 7.58. The van der Waals surface area contributed by atoms with Crippen molar-refractivity contribution in [1.82, 2.24) is 5.32 Å². The van der Waals surface area contributed by atoms with E-state index in [0.717, 1.165) is 18.4 Å². The molecule has 1 saturated carbocycles. The summed E-state index contributed by atoms with van der Waals surface area (Å²) < 4.78 is 5.18. The molecule has 1 rings (SSSR count). The van der Waals surface area contributed by atoms with Crippen LogP contribution in [0.1, 0.15) is 58.3 Å². The summed E-state index contributed by atoms with van der Waals surface area (Å²) in [5.41, 5.74) is 0. The maximum atomic E-state index is 5.18. The number of nitrogens with one attached hydrogen (secondary N) is 1. The van der Waals surface area contributed by atoms with Gasteiger partial charge >= 0.3 is 0 Å². The number of methoxy groups -OCH3 is 1. The molecule has 1 N–H and O–H groups in total. The lowest BCUT2D eigenvalue weighted by Crippen LogP contribution is -2.28. The molecule has 0 amide bonds. The van der Waals surface area contributed by atoms with Crippen LogP contribution in [0.15, 0.2) is 0 Å². The van der Waals surface area contributed by atoms with Crippen LogP contribution in [-0.2, 0) is 4.74 Å². The SMILES string of the molecule is CCCNCC1CCCCCC1CCCOC. The van der Waals surface area contributed by atoms with Crippen LogP contribution in [0, 0.1) is 11.8 Å². The molecule has 0 bridgehead atoms. The predicted octanol–water partition coefficient (Wildman–Crippen LogP) is 3.61. The van der Waals surface area contributed by atoms with Gasteiger partial charge < -0.3 is 10.1 Å². The lowest BCUT2D eigenvalue weighted by molar-refractivity contribution is 0.176. The van der Waals surface area contributed by atoms with Crippen LogP contribution in [0.2, 0.25) is 0 Å². The first-order valence-corrected chi connectivity index (χ1v) is 7.58. The van der Waals surface area contributed by atoms with Crippen molar-refractivity contribution in [1.29, 1.82) is 0 Å². The Labute approximate surface area is 108 Å². The van der Waals surface area contributed by atoms with Crippen LogP contribution < -0.4 is 5.32 Å². The van der Waals surface area contributed by atoms with Gasteiger partial charge in [-0.15, -0.1) is 0 Å². The molecule has 0 aliphatic heterocycles. The fraction of sp³-hybridized carbons (Fsp3) is 1.00. The second kappa shape index (κ2) is 9.90. The highest BCUT2D eigenvalue weighted by Crippen LogP contribution is 2.31. The molecule has 17 heavy (non-hydrogen) atoms. The minimum absolute atomic E-state index is 0.918. The average molecular weight is 241 g/mol. The fourth-order valence-corrected chi connectivity index (χ4v) is 3.06. The Balaban J connectivity index is 2.30. The van der Waals surface area contributed by atoms with Crippen LogP contribution in [0.25, 0.3) is 0 Å². The minimum atomic E-state index is 0.918. The highest BCUT2D eigenvalue weighted by Gasteiger charge is 2.22. The molecule has 0 radical (unpaired) electrons. The van der Waals surface area contributed by atoms with Crippen molar-refractivity contribution in [2.24, 2.45) is 11.8 Å². The molecule has 102 valence electrons. The first-order chi connectivity index (χ1) is 8.38. The van der Waals surface area contributed by atoms with E-state index in [0.29, 0.717) is 0 Å². The van der Waals surface area contributed by atoms with Gasteiger partial charge in [0.1, 0.15) is 0 Å². The molecule has 2 atom stereocenters. The third kappa shape index (κ3) is 6.42. The van der Waals surface area contributed by atoms with Gasteiger partial charge in [0.15, 0.2) is 0 Å². The number of hydrogen-bond acceptors (Lipinski definition) is 2. The number of ether oxygens (including phenoxy) is 1. The fourth-order valence-electron chi connectivity index (χ4n) is 3.06. The highest BCUT2D eigenvalue weighted by atomic mass is 16.5. The van der Waals surface area contributed by atoms with E-state index in [1.807, 2.05) is 7.11 Å². The molecule has 0 aromatic rings. The van der Waals surface area contributed by atoms with Gasteiger partial charge in [0.05, 0.1) is 0 Å². The molecule has 1 aliphatic carbocycles. The molecule has 0 saturated heterocycles. The summed E-state index contributed by atoms with van der Waals surface area (Å²) in [6, 6.07) is 0. The van der Waals surface area contributed by atoms with Crippen molar-refractivity contribution in [3.63, 3.8) is 0 Å². The Hall–Kier alpha value is -0.0800. The molecule has 2 unspecified atom stereocenters. The molecule has 0 aromatic heterocycles. The zero-order valence-electron chi connectivity index (χ0n) is 11.8. The summed E-state index contributed by atoms with van der Waals surface area (Å²) >= 11 is 0. The standard InChI is InChI=1S/C15H31NO/c1-3-11-16-13-15-9-6-4-5-8-14(15)10-7-12-17-2/h14-16H,3-13H2,1-2H3. The molecular formula is C15H31NO. The van der Waals surface area contributed by atoms with E-state index in [4.69, 9.17) is 4.74 Å². The second-order valence-electron chi connectivity index (χ2n) is 5.50. The van der Waals surface area contributed by atoms with Gasteiger partial charge in [0.2, 0.25) is 0 Å². The molecule has 2 heteroatoms. The smallest absolute Gasteiger partial charge is 0.0462 e. The first kappa shape index (κ1) is 15.0. The van der Waals surface area contributed by atoms with E-state index in [1.165, 1.54) is 64.5 Å². The zero-order chi connectivity index (χ0) is 12.3. The minimum Gasteiger partial charge on any atom is -0.385 e. The Morgan fingerprint density at radius 1 is 1.12 bits per heavy atom. The Bertz CT molecular complexity index is 154. The third-order valence-electron chi connectivity index (χ3n) is 4.07. The van der Waals surface area contributed by atoms with Gasteiger partial charge in [-0.2, -0.15) is 0 Å². The molecular weight excluding hydrogens is 210 g/mol. The third-order valence-corrected chi connectivity index (χ3v) is 4.07. The van der Waals surface area contributed by atoms with Gasteiger partial charge in [-0.3, -0.25) is 0 Å². The Morgan fingerprint density at radius 2 is 1.88 bits per heavy atom. The quantitative estimate of drug-likeness (QED) is 0.518. The Kier molecular flexibility index (Phi) is 8.72. The summed E-state index contributed by atoms with van der Waals surface area (Å²) in [4.78, 5) is 0. The van der Waals surface area contributed by atoms with Crippen LogP contribution in [-0.4, -0.2) is 26.8 Å². The van der Waals surface area contributed by atoms with Crippen molar-refractivity contribution < 1.29 is 4.74 Å². The van der Waals surface area contributed by atoms with E-state index in [-0.39, 0.29) is 0 Å². The summed E-state index contributed by atoms with van der Waals surface area (Å²) in [6.45, 7) is 5.61. The highest BCUT2D eigenvalue weighted by molar-refractivity contribution is 4.76. The van der Waals surface area contributed by atoms with E-state index in [9.17, 15) is 0 Å². The van der Waals surface area contributed by atoms with Crippen molar-refractivity contribution in [3.8, 4) is 0 Å². The molecule has 2 nitrogen and oxygen atoms in total. The summed E-state index contributed by atoms with van der Waals surface area (Å²) in [5, 5.41) is 3.62. The zero-order valence-corrected chi connectivity index (χ0v) is 11.8. The summed E-state index contributed by atoms with van der Waals surface area (Å²) in [6.07, 6.45) is 11.1. The normalized spacial score (nSPS) is 25.8. The average Bonchev–Trinajstić information content (AvgIpc) is 2.56. The van der Waals surface area contributed by atoms with Crippen LogP contribution in [0.4, 0.5) is 0 Å². The largest absolute Gasteiger partial charge is 0.385 e. The predicted molar refractivity (Wildman–Crippen MR) is 74.3 cm³/mol. The molecule has 0 heterocycles. The van der Waals surface area contributed by atoms with Crippen molar-refractivity contribution in [2.75, 3.05) is 26.8 Å². The summed E-state index contributed by atoms with van der Waals surface area (Å²) in [5.74, 6) is 1.86. The maximum absolute atomic E-state index is 5.18. The van der Waals surface area contributed by atoms with Gasteiger partial charge in [0.25, 0.3) is 0 Å². The van der Waals surface area contributed by atoms with Gasteiger partial charge in [-0.1, -0.05) is 32.6 Å². The van der Waals surface area contributed by atoms with E-state index in [1.54, 1.807) is 0 Å². The second-order valence-corrected chi connectivity index (χ2v) is 5.50. The van der Waals surface area contributed by atoms with Crippen molar-refractivity contribution in [3.05, 3.63) is 0 Å². The molecule has 1 fully saturated rings. The van der Waals surface area contributed by atoms with Gasteiger partial charge in [0, 0.05) is 13.7 Å². The number of rotatable bonds is 8. The van der Waals surface area contributed by atoms with Gasteiger partial charge in [-0.05, 0) is 50.6 Å². The van der Waals surface area contributed by atoms with E-state index >= 15 is 0 Å². The van der Waals surface area contributed by atoms with E-state index < -0.39 is 0 Å². The lowest BCUT2D eigenvalue weighted by Gasteiger charge is -2.25. The number of hydrogen-bond donors (Lipinski definition) is 1. The van der Waals surface area contributed by atoms with Gasteiger partial charge in [-0.25, -0.2) is 0 Å². The van der Waals surface area contributed by atoms with Crippen LogP contribution in [0.5, 0.6) is 0 Å². The van der Waals surface area contributed by atoms with Crippen molar-refractivity contribution in [2.45, 2.75) is 58.3 Å². The summed E-state index contributed by atoms with van der Waals surface area (Å²) in [7, 11) is 1.81. The monoisotopic (exact) mass is 241 g/mol. The van der Waals surface area contributed by atoms with Crippen LogP contribution >= 0.6 is 0 Å². The molecule has 1 aliphatic rings. The van der Waals surface area contributed by atoms with Crippen LogP contribution in [0.3, 0.4) is 0 Å². The molecule has 0 aromatic carbocycles. The van der Waals surface area contributed by atoms with E-state index in [2.05, 4.69) is 12.2 Å². The maximum Gasteiger partial charge on any atom is 0.0462 e. The lowest BCUT2D eigenvalue weighted by atomic mass is 9.84. The Morgan fingerprint density at radius 3 is 2.59 bits per heavy atom.